The molecule has 4 nitrogen and oxygen atoms in total. The lowest BCUT2D eigenvalue weighted by molar-refractivity contribution is -0.147. The van der Waals surface area contributed by atoms with Crippen molar-refractivity contribution in [2.45, 2.75) is 17.9 Å². The summed E-state index contributed by atoms with van der Waals surface area (Å²) >= 11 is 4.35. The van der Waals surface area contributed by atoms with Gasteiger partial charge in [0.25, 0.3) is 0 Å². The number of rotatable bonds is 3. The third kappa shape index (κ3) is 2.45. The van der Waals surface area contributed by atoms with Crippen LogP contribution in [-0.2, 0) is 9.53 Å². The highest BCUT2D eigenvalue weighted by Gasteiger charge is 2.39. The number of thiophene rings is 1. The maximum atomic E-state index is 12.2. The Hall–Kier alpha value is -1.05. The average molecular weight is 327 g/mol. The van der Waals surface area contributed by atoms with Crippen molar-refractivity contribution in [2.24, 2.45) is 5.92 Å². The monoisotopic (exact) mass is 327 g/mol. The van der Waals surface area contributed by atoms with Crippen molar-refractivity contribution in [3.05, 3.63) is 36.9 Å². The van der Waals surface area contributed by atoms with E-state index < -0.39 is 0 Å². The number of thiazole rings is 1. The third-order valence-corrected chi connectivity index (χ3v) is 6.36. The summed E-state index contributed by atoms with van der Waals surface area (Å²) in [5.41, 5.74) is 0. The Morgan fingerprint density at radius 1 is 1.55 bits per heavy atom. The van der Waals surface area contributed by atoms with Gasteiger partial charge in [-0.3, -0.25) is 9.59 Å². The number of aromatic nitrogens is 1. The molecule has 0 fully saturated rings. The summed E-state index contributed by atoms with van der Waals surface area (Å²) in [6.07, 6.45) is 0. The molecule has 0 saturated carbocycles. The lowest BCUT2D eigenvalue weighted by Crippen LogP contribution is -2.29. The minimum Gasteiger partial charge on any atom is -0.466 e. The van der Waals surface area contributed by atoms with Crippen molar-refractivity contribution in [3.63, 3.8) is 0 Å². The van der Waals surface area contributed by atoms with Crippen molar-refractivity contribution in [1.82, 2.24) is 4.98 Å². The molecule has 1 N–H and O–H groups in total. The first-order valence-corrected chi connectivity index (χ1v) is 8.94. The van der Waals surface area contributed by atoms with Gasteiger partial charge in [0.15, 0.2) is 0 Å². The number of hydrogen-bond acceptors (Lipinski definition) is 6. The molecule has 3 rings (SSSR count). The molecule has 2 aromatic heterocycles. The van der Waals surface area contributed by atoms with Crippen LogP contribution in [0.25, 0.3) is 0 Å². The number of ether oxygens (including phenoxy) is 1. The van der Waals surface area contributed by atoms with Gasteiger partial charge >= 0.3 is 10.8 Å². The van der Waals surface area contributed by atoms with Gasteiger partial charge < -0.3 is 9.72 Å². The largest absolute Gasteiger partial charge is 0.466 e. The fourth-order valence-electron chi connectivity index (χ4n) is 2.34. The van der Waals surface area contributed by atoms with Crippen molar-refractivity contribution in [2.75, 3.05) is 12.4 Å². The smallest absolute Gasteiger partial charge is 0.310 e. The number of H-pyrrole nitrogens is 1. The maximum absolute atomic E-state index is 12.2. The number of esters is 1. The molecule has 20 heavy (non-hydrogen) atoms. The zero-order valence-electron chi connectivity index (χ0n) is 10.8. The Balaban J connectivity index is 2.04. The van der Waals surface area contributed by atoms with E-state index in [9.17, 15) is 9.59 Å². The second-order valence-corrected chi connectivity index (χ2v) is 7.39. The lowest BCUT2D eigenvalue weighted by atomic mass is 9.91. The number of fused-ring (bicyclic) bond motifs is 1. The molecule has 0 saturated heterocycles. The van der Waals surface area contributed by atoms with Gasteiger partial charge in [-0.2, -0.15) is 0 Å². The van der Waals surface area contributed by atoms with E-state index in [2.05, 4.69) is 4.98 Å². The fourth-order valence-corrected chi connectivity index (χ4v) is 5.70. The Kier molecular flexibility index (Phi) is 4.00. The minimum atomic E-state index is -0.224. The molecular formula is C13H13NO3S3. The summed E-state index contributed by atoms with van der Waals surface area (Å²) in [5, 5.41) is 2.90. The van der Waals surface area contributed by atoms with Crippen LogP contribution >= 0.6 is 34.4 Å². The molecule has 0 bridgehead atoms. The lowest BCUT2D eigenvalue weighted by Gasteiger charge is -2.28. The molecular weight excluding hydrogens is 314 g/mol. The molecule has 0 aliphatic carbocycles. The predicted octanol–water partition coefficient (Wildman–Crippen LogP) is 2.91. The van der Waals surface area contributed by atoms with Crippen LogP contribution in [0.15, 0.2) is 27.3 Å². The van der Waals surface area contributed by atoms with Gasteiger partial charge in [-0.25, -0.2) is 0 Å². The normalized spacial score (nSPS) is 21.4. The van der Waals surface area contributed by atoms with E-state index >= 15 is 0 Å². The number of hydrogen-bond donors (Lipinski definition) is 1. The molecule has 2 atom stereocenters. The average Bonchev–Trinajstić information content (AvgIpc) is 3.05. The van der Waals surface area contributed by atoms with Gasteiger partial charge in [-0.15, -0.1) is 23.1 Å². The molecule has 3 heterocycles. The first kappa shape index (κ1) is 13.9. The van der Waals surface area contributed by atoms with E-state index in [4.69, 9.17) is 4.74 Å². The minimum absolute atomic E-state index is 0.0609. The highest BCUT2D eigenvalue weighted by Crippen LogP contribution is 2.46. The Labute approximate surface area is 128 Å². The van der Waals surface area contributed by atoms with Crippen molar-refractivity contribution in [1.29, 1.82) is 0 Å². The van der Waals surface area contributed by atoms with E-state index in [1.54, 1.807) is 11.3 Å². The van der Waals surface area contributed by atoms with Gasteiger partial charge in [0.1, 0.15) is 0 Å². The highest BCUT2D eigenvalue weighted by molar-refractivity contribution is 7.99. The SMILES string of the molecule is CCOC(=O)[C@@H]1CSc2[nH]c(=O)sc2[C@H]1c1cccs1. The van der Waals surface area contributed by atoms with E-state index in [0.717, 1.165) is 14.8 Å². The number of thioether (sulfide) groups is 1. The molecule has 0 spiro atoms. The van der Waals surface area contributed by atoms with Crippen LogP contribution in [0.2, 0.25) is 0 Å². The third-order valence-electron chi connectivity index (χ3n) is 3.17. The van der Waals surface area contributed by atoms with E-state index in [1.165, 1.54) is 23.1 Å². The van der Waals surface area contributed by atoms with Gasteiger partial charge in [-0.05, 0) is 18.4 Å². The molecule has 2 aromatic rings. The molecule has 0 unspecified atom stereocenters. The van der Waals surface area contributed by atoms with Crippen LogP contribution in [0.1, 0.15) is 22.6 Å². The fraction of sp³-hybridized carbons (Fsp3) is 0.385. The van der Waals surface area contributed by atoms with Gasteiger partial charge in [-0.1, -0.05) is 17.4 Å². The van der Waals surface area contributed by atoms with E-state index in [-0.39, 0.29) is 22.7 Å². The summed E-state index contributed by atoms with van der Waals surface area (Å²) in [5.74, 6) is 0.179. The number of carbonyl (C=O) groups excluding carboxylic acids is 1. The van der Waals surface area contributed by atoms with E-state index in [0.29, 0.717) is 12.4 Å². The van der Waals surface area contributed by atoms with Crippen LogP contribution in [0.4, 0.5) is 0 Å². The zero-order chi connectivity index (χ0) is 14.1. The first-order valence-electron chi connectivity index (χ1n) is 6.26. The second kappa shape index (κ2) is 5.75. The summed E-state index contributed by atoms with van der Waals surface area (Å²) in [6, 6.07) is 3.99. The number of nitrogens with one attached hydrogen (secondary N) is 1. The quantitative estimate of drug-likeness (QED) is 0.881. The number of aromatic amines is 1. The molecule has 0 amide bonds. The Morgan fingerprint density at radius 2 is 2.40 bits per heavy atom. The second-order valence-electron chi connectivity index (χ2n) is 4.37. The molecule has 106 valence electrons. The predicted molar refractivity (Wildman–Crippen MR) is 81.9 cm³/mol. The van der Waals surface area contributed by atoms with E-state index in [1.807, 2.05) is 24.4 Å². The van der Waals surface area contributed by atoms with Crippen molar-refractivity contribution < 1.29 is 9.53 Å². The summed E-state index contributed by atoms with van der Waals surface area (Å²) in [6.45, 7) is 2.20. The van der Waals surface area contributed by atoms with Crippen molar-refractivity contribution in [3.8, 4) is 0 Å². The summed E-state index contributed by atoms with van der Waals surface area (Å²) in [4.78, 5) is 28.7. The Morgan fingerprint density at radius 3 is 3.10 bits per heavy atom. The summed E-state index contributed by atoms with van der Waals surface area (Å²) in [7, 11) is 0. The number of carbonyl (C=O) groups is 1. The van der Waals surface area contributed by atoms with Crippen LogP contribution in [0.5, 0.6) is 0 Å². The van der Waals surface area contributed by atoms with Gasteiger partial charge in [0.05, 0.1) is 17.6 Å². The van der Waals surface area contributed by atoms with Gasteiger partial charge in [0.2, 0.25) is 0 Å². The molecule has 1 aliphatic rings. The Bertz CT molecular complexity index is 659. The van der Waals surface area contributed by atoms with Crippen molar-refractivity contribution >= 4 is 40.4 Å². The van der Waals surface area contributed by atoms with Crippen LogP contribution in [0, 0.1) is 5.92 Å². The van der Waals surface area contributed by atoms with Crippen LogP contribution < -0.4 is 4.87 Å². The van der Waals surface area contributed by atoms with Crippen LogP contribution in [-0.4, -0.2) is 23.3 Å². The molecule has 0 radical (unpaired) electrons. The highest BCUT2D eigenvalue weighted by atomic mass is 32.2. The molecule has 0 aromatic carbocycles. The molecule has 1 aliphatic heterocycles. The zero-order valence-corrected chi connectivity index (χ0v) is 13.2. The molecule has 7 heteroatoms. The van der Waals surface area contributed by atoms with Crippen LogP contribution in [0.3, 0.4) is 0 Å². The standard InChI is InChI=1S/C13H13NO3S3/c1-2-17-12(15)7-6-19-11-10(20-13(16)14-11)9(7)8-4-3-5-18-8/h3-5,7,9H,2,6H2,1H3,(H,14,16)/t7-,9-/m1/s1. The maximum Gasteiger partial charge on any atom is 0.310 e. The first-order chi connectivity index (χ1) is 9.70. The summed E-state index contributed by atoms with van der Waals surface area (Å²) < 4.78 is 5.20. The van der Waals surface area contributed by atoms with Gasteiger partial charge in [0, 0.05) is 21.4 Å². The topological polar surface area (TPSA) is 59.2 Å².